The van der Waals surface area contributed by atoms with Crippen molar-refractivity contribution in [2.45, 2.75) is 69.1 Å². The number of phenolic OH excluding ortho intramolecular Hbond substituents is 1. The number of aliphatic carboxylic acids is 2. The van der Waals surface area contributed by atoms with Crippen LogP contribution in [0.1, 0.15) is 44.1 Å². The molecule has 0 fully saturated rings. The summed E-state index contributed by atoms with van der Waals surface area (Å²) in [4.78, 5) is 87.2. The Morgan fingerprint density at radius 2 is 1.31 bits per heavy atom. The zero-order valence-electron chi connectivity index (χ0n) is 26.8. The van der Waals surface area contributed by atoms with Crippen LogP contribution in [0.4, 0.5) is 0 Å². The minimum atomic E-state index is -1.73. The first-order valence-electron chi connectivity index (χ1n) is 15.3. The molecular formula is C29H46N10O10. The summed E-state index contributed by atoms with van der Waals surface area (Å²) in [6, 6.07) is -0.0427. The number of rotatable bonds is 23. The molecule has 0 spiro atoms. The van der Waals surface area contributed by atoms with Crippen LogP contribution in [0.2, 0.25) is 0 Å². The van der Waals surface area contributed by atoms with Gasteiger partial charge in [-0.1, -0.05) is 12.1 Å². The van der Waals surface area contributed by atoms with Gasteiger partial charge in [-0.15, -0.1) is 0 Å². The third-order valence-electron chi connectivity index (χ3n) is 6.85. The molecule has 20 heteroatoms. The number of hydrogen-bond acceptors (Lipinski definition) is 11. The minimum Gasteiger partial charge on any atom is -0.508 e. The lowest BCUT2D eigenvalue weighted by molar-refractivity contribution is -0.143. The summed E-state index contributed by atoms with van der Waals surface area (Å²) >= 11 is 0. The van der Waals surface area contributed by atoms with Gasteiger partial charge in [0.2, 0.25) is 29.5 Å². The monoisotopic (exact) mass is 694 g/mol. The molecule has 49 heavy (non-hydrogen) atoms. The fourth-order valence-corrected chi connectivity index (χ4v) is 4.34. The molecule has 272 valence electrons. The van der Waals surface area contributed by atoms with Gasteiger partial charge in [0.15, 0.2) is 5.96 Å². The van der Waals surface area contributed by atoms with Gasteiger partial charge in [0.05, 0.1) is 19.5 Å². The van der Waals surface area contributed by atoms with Crippen molar-refractivity contribution in [2.24, 2.45) is 17.2 Å². The zero-order chi connectivity index (χ0) is 36.9. The zero-order valence-corrected chi connectivity index (χ0v) is 26.8. The van der Waals surface area contributed by atoms with Crippen molar-refractivity contribution in [3.8, 4) is 5.75 Å². The predicted octanol–water partition coefficient (Wildman–Crippen LogP) is -4.10. The van der Waals surface area contributed by atoms with Gasteiger partial charge in [0, 0.05) is 13.0 Å². The molecule has 0 aliphatic rings. The third-order valence-corrected chi connectivity index (χ3v) is 6.85. The van der Waals surface area contributed by atoms with E-state index in [1.165, 1.54) is 24.3 Å². The van der Waals surface area contributed by atoms with Crippen LogP contribution in [0.15, 0.2) is 24.3 Å². The number of guanidine groups is 1. The van der Waals surface area contributed by atoms with Gasteiger partial charge in [0.1, 0.15) is 29.9 Å². The van der Waals surface area contributed by atoms with E-state index in [2.05, 4.69) is 31.9 Å². The van der Waals surface area contributed by atoms with E-state index in [9.17, 15) is 48.9 Å². The molecule has 16 N–H and O–H groups in total. The van der Waals surface area contributed by atoms with Crippen LogP contribution in [0, 0.1) is 5.41 Å². The Balaban J connectivity index is 3.06. The number of nitrogens with one attached hydrogen (secondary N) is 7. The topological polar surface area (TPSA) is 354 Å². The number of hydrogen-bond donors (Lipinski definition) is 13. The number of benzene rings is 1. The van der Waals surface area contributed by atoms with Gasteiger partial charge in [0.25, 0.3) is 0 Å². The molecule has 0 aliphatic heterocycles. The second kappa shape index (κ2) is 22.1. The molecule has 0 radical (unpaired) electrons. The van der Waals surface area contributed by atoms with E-state index in [1.54, 1.807) is 0 Å². The van der Waals surface area contributed by atoms with Crippen LogP contribution in [-0.2, 0) is 40.0 Å². The summed E-state index contributed by atoms with van der Waals surface area (Å²) in [5, 5.41) is 50.0. The molecule has 4 atom stereocenters. The lowest BCUT2D eigenvalue weighted by Gasteiger charge is -2.24. The molecule has 0 heterocycles. The predicted molar refractivity (Wildman–Crippen MR) is 174 cm³/mol. The van der Waals surface area contributed by atoms with E-state index >= 15 is 0 Å². The Bertz CT molecular complexity index is 1310. The van der Waals surface area contributed by atoms with Crippen molar-refractivity contribution in [1.29, 1.82) is 5.41 Å². The van der Waals surface area contributed by atoms with E-state index in [-0.39, 0.29) is 43.9 Å². The Morgan fingerprint density at radius 3 is 1.88 bits per heavy atom. The molecule has 1 rings (SSSR count). The summed E-state index contributed by atoms with van der Waals surface area (Å²) in [6.07, 6.45) is 0.185. The second-order valence-corrected chi connectivity index (χ2v) is 10.9. The van der Waals surface area contributed by atoms with Gasteiger partial charge < -0.3 is 64.4 Å². The minimum absolute atomic E-state index is 0.0492. The lowest BCUT2D eigenvalue weighted by atomic mass is 10.0. The number of phenols is 1. The van der Waals surface area contributed by atoms with E-state index in [0.29, 0.717) is 24.9 Å². The van der Waals surface area contributed by atoms with Crippen molar-refractivity contribution >= 4 is 47.4 Å². The fraction of sp³-hybridized carbons (Fsp3) is 0.517. The molecular weight excluding hydrogens is 648 g/mol. The highest BCUT2D eigenvalue weighted by Crippen LogP contribution is 2.12. The SMILES string of the molecule is N=C(N)NCCC[C@H](NC(=O)CN)C(=O)NCC(=O)N[C@@H](CC(=O)O)C(=O)N[C@@H](Cc1ccc(O)cc1)C(=O)N[C@@H](CCCCN)C(=O)O. The summed E-state index contributed by atoms with van der Waals surface area (Å²) in [7, 11) is 0. The molecule has 1 aromatic carbocycles. The number of carbonyl (C=O) groups excluding carboxylic acids is 5. The Kier molecular flexibility index (Phi) is 18.8. The largest absolute Gasteiger partial charge is 0.508 e. The first-order chi connectivity index (χ1) is 23.2. The van der Waals surface area contributed by atoms with Crippen LogP contribution in [-0.4, -0.2) is 113 Å². The summed E-state index contributed by atoms with van der Waals surface area (Å²) in [5.74, 6) is -7.60. The van der Waals surface area contributed by atoms with Crippen LogP contribution >= 0.6 is 0 Å². The average molecular weight is 695 g/mol. The van der Waals surface area contributed by atoms with Gasteiger partial charge in [-0.2, -0.15) is 0 Å². The normalized spacial score (nSPS) is 13.0. The van der Waals surface area contributed by atoms with E-state index in [0.717, 1.165) is 0 Å². The number of amides is 5. The highest BCUT2D eigenvalue weighted by Gasteiger charge is 2.31. The van der Waals surface area contributed by atoms with Gasteiger partial charge in [-0.3, -0.25) is 34.2 Å². The van der Waals surface area contributed by atoms with Crippen LogP contribution in [0.25, 0.3) is 0 Å². The number of carboxylic acids is 2. The van der Waals surface area contributed by atoms with Crippen molar-refractivity contribution in [3.05, 3.63) is 29.8 Å². The van der Waals surface area contributed by atoms with E-state index in [1.807, 2.05) is 0 Å². The Morgan fingerprint density at radius 1 is 0.714 bits per heavy atom. The van der Waals surface area contributed by atoms with E-state index < -0.39 is 85.2 Å². The van der Waals surface area contributed by atoms with Crippen molar-refractivity contribution in [2.75, 3.05) is 26.2 Å². The van der Waals surface area contributed by atoms with Gasteiger partial charge >= 0.3 is 11.9 Å². The molecule has 0 saturated heterocycles. The highest BCUT2D eigenvalue weighted by atomic mass is 16.4. The summed E-state index contributed by atoms with van der Waals surface area (Å²) in [6.45, 7) is -0.630. The molecule has 1 aromatic rings. The number of unbranched alkanes of at least 4 members (excludes halogenated alkanes) is 1. The number of aromatic hydroxyl groups is 1. The average Bonchev–Trinajstić information content (AvgIpc) is 3.04. The molecule has 5 amide bonds. The van der Waals surface area contributed by atoms with Crippen LogP contribution < -0.4 is 49.1 Å². The smallest absolute Gasteiger partial charge is 0.326 e. The standard InChI is InChI=1S/C29H46N10O10/c30-10-2-1-4-19(28(48)49)38-26(46)20(12-16-6-8-17(40)9-7-16)39-27(47)21(13-24(43)44)37-23(42)15-35-25(45)18(36-22(41)14-31)5-3-11-34-29(32)33/h6-9,18-21,40H,1-5,10-15,30-31H2,(H,35,45)(H,36,41)(H,37,42)(H,38,46)(H,39,47)(H,43,44)(H,48,49)(H4,32,33,34)/t18-,19-,20-,21-/m0/s1. The Labute approximate surface area is 281 Å². The molecule has 0 aliphatic carbocycles. The van der Waals surface area contributed by atoms with Crippen molar-refractivity contribution < 1.29 is 48.9 Å². The molecule has 20 nitrogen and oxygen atoms in total. The van der Waals surface area contributed by atoms with Crippen LogP contribution in [0.3, 0.4) is 0 Å². The fourth-order valence-electron chi connectivity index (χ4n) is 4.34. The second-order valence-electron chi connectivity index (χ2n) is 10.9. The molecule has 0 bridgehead atoms. The number of nitrogens with two attached hydrogens (primary N) is 3. The maximum Gasteiger partial charge on any atom is 0.326 e. The maximum absolute atomic E-state index is 13.3. The quantitative estimate of drug-likeness (QED) is 0.0294. The molecule has 0 saturated carbocycles. The first-order valence-corrected chi connectivity index (χ1v) is 15.3. The van der Waals surface area contributed by atoms with Crippen LogP contribution in [0.5, 0.6) is 5.75 Å². The summed E-state index contributed by atoms with van der Waals surface area (Å²) < 4.78 is 0. The summed E-state index contributed by atoms with van der Waals surface area (Å²) in [5.41, 5.74) is 16.4. The van der Waals surface area contributed by atoms with Crippen molar-refractivity contribution in [1.82, 2.24) is 31.9 Å². The molecule has 0 aromatic heterocycles. The Hall–Kier alpha value is -5.50. The van der Waals surface area contributed by atoms with Gasteiger partial charge in [-0.25, -0.2) is 4.79 Å². The lowest BCUT2D eigenvalue weighted by Crippen LogP contribution is -2.57. The van der Waals surface area contributed by atoms with Gasteiger partial charge in [-0.05, 0) is 56.3 Å². The molecule has 0 unspecified atom stereocenters. The number of carboxylic acid groups (broad SMARTS) is 2. The van der Waals surface area contributed by atoms with Crippen molar-refractivity contribution in [3.63, 3.8) is 0 Å². The third kappa shape index (κ3) is 17.3. The highest BCUT2D eigenvalue weighted by molar-refractivity contribution is 5.96. The number of carbonyl (C=O) groups is 7. The maximum atomic E-state index is 13.3. The van der Waals surface area contributed by atoms with E-state index in [4.69, 9.17) is 22.6 Å². The first kappa shape index (κ1) is 41.5.